The summed E-state index contributed by atoms with van der Waals surface area (Å²) in [4.78, 5) is 22.5. The molecule has 1 unspecified atom stereocenters. The van der Waals surface area contributed by atoms with E-state index in [1.54, 1.807) is 6.07 Å². The van der Waals surface area contributed by atoms with Gasteiger partial charge in [0.2, 0.25) is 5.91 Å². The van der Waals surface area contributed by atoms with Crippen molar-refractivity contribution in [3.8, 4) is 0 Å². The number of aromatic carboxylic acids is 1. The minimum absolute atomic E-state index is 0.119. The molecule has 0 aliphatic carbocycles. The van der Waals surface area contributed by atoms with Crippen molar-refractivity contribution in [3.63, 3.8) is 0 Å². The van der Waals surface area contributed by atoms with Crippen LogP contribution in [0.3, 0.4) is 0 Å². The highest BCUT2D eigenvalue weighted by molar-refractivity contribution is 9.10. The number of benzene rings is 1. The predicted molar refractivity (Wildman–Crippen MR) is 72.6 cm³/mol. The molecule has 4 N–H and O–H groups in total. The van der Waals surface area contributed by atoms with Gasteiger partial charge in [0, 0.05) is 16.9 Å². The average molecular weight is 315 g/mol. The van der Waals surface area contributed by atoms with E-state index in [1.165, 1.54) is 12.1 Å². The SMILES string of the molecule is CCC(N)CC(=O)Nc1cc(C(=O)O)ccc1Br. The number of hydrogen-bond donors (Lipinski definition) is 3. The highest BCUT2D eigenvalue weighted by Gasteiger charge is 2.11. The van der Waals surface area contributed by atoms with Crippen LogP contribution in [0.2, 0.25) is 0 Å². The highest BCUT2D eigenvalue weighted by atomic mass is 79.9. The molecule has 1 rings (SSSR count). The zero-order valence-electron chi connectivity index (χ0n) is 9.94. The maximum absolute atomic E-state index is 11.7. The van der Waals surface area contributed by atoms with Gasteiger partial charge < -0.3 is 16.2 Å². The molecule has 5 nitrogen and oxygen atoms in total. The smallest absolute Gasteiger partial charge is 0.335 e. The van der Waals surface area contributed by atoms with Gasteiger partial charge in [-0.25, -0.2) is 4.79 Å². The maximum atomic E-state index is 11.7. The van der Waals surface area contributed by atoms with E-state index in [0.717, 1.165) is 0 Å². The van der Waals surface area contributed by atoms with E-state index in [2.05, 4.69) is 21.2 Å². The highest BCUT2D eigenvalue weighted by Crippen LogP contribution is 2.24. The van der Waals surface area contributed by atoms with Crippen LogP contribution >= 0.6 is 15.9 Å². The van der Waals surface area contributed by atoms with Crippen molar-refractivity contribution < 1.29 is 14.7 Å². The molecule has 1 amide bonds. The fourth-order valence-electron chi connectivity index (χ4n) is 1.34. The van der Waals surface area contributed by atoms with E-state index in [-0.39, 0.29) is 23.9 Å². The molecule has 0 bridgehead atoms. The van der Waals surface area contributed by atoms with Crippen molar-refractivity contribution in [3.05, 3.63) is 28.2 Å². The molecule has 1 atom stereocenters. The number of carboxylic acids is 1. The number of anilines is 1. The number of halogens is 1. The Hall–Kier alpha value is -1.40. The van der Waals surface area contributed by atoms with E-state index in [4.69, 9.17) is 10.8 Å². The number of carbonyl (C=O) groups is 2. The summed E-state index contributed by atoms with van der Waals surface area (Å²) in [6.07, 6.45) is 0.921. The Kier molecular flexibility index (Phi) is 5.30. The van der Waals surface area contributed by atoms with Gasteiger partial charge in [0.25, 0.3) is 0 Å². The van der Waals surface area contributed by atoms with E-state index >= 15 is 0 Å². The normalized spacial score (nSPS) is 11.9. The molecule has 0 aliphatic rings. The van der Waals surface area contributed by atoms with Gasteiger partial charge in [0.1, 0.15) is 0 Å². The molecule has 0 radical (unpaired) electrons. The summed E-state index contributed by atoms with van der Waals surface area (Å²) < 4.78 is 0.630. The molecule has 98 valence electrons. The number of carboxylic acid groups (broad SMARTS) is 1. The molecule has 6 heteroatoms. The van der Waals surface area contributed by atoms with Crippen LogP contribution in [-0.4, -0.2) is 23.0 Å². The lowest BCUT2D eigenvalue weighted by atomic mass is 10.1. The summed E-state index contributed by atoms with van der Waals surface area (Å²) in [6.45, 7) is 1.90. The van der Waals surface area contributed by atoms with Gasteiger partial charge in [-0.15, -0.1) is 0 Å². The zero-order valence-corrected chi connectivity index (χ0v) is 11.5. The maximum Gasteiger partial charge on any atom is 0.335 e. The van der Waals surface area contributed by atoms with Gasteiger partial charge >= 0.3 is 5.97 Å². The van der Waals surface area contributed by atoms with Crippen molar-refractivity contribution in [2.45, 2.75) is 25.8 Å². The lowest BCUT2D eigenvalue weighted by Crippen LogP contribution is -2.26. The number of nitrogens with two attached hydrogens (primary N) is 1. The predicted octanol–water partition coefficient (Wildman–Crippen LogP) is 2.21. The lowest BCUT2D eigenvalue weighted by molar-refractivity contribution is -0.116. The summed E-state index contributed by atoms with van der Waals surface area (Å²) in [5, 5.41) is 11.5. The Balaban J connectivity index is 2.80. The first-order valence-corrected chi connectivity index (χ1v) is 6.31. The van der Waals surface area contributed by atoms with Crippen LogP contribution in [0.5, 0.6) is 0 Å². The number of rotatable bonds is 5. The minimum atomic E-state index is -1.04. The Morgan fingerprint density at radius 2 is 2.17 bits per heavy atom. The molecule has 0 aliphatic heterocycles. The van der Waals surface area contributed by atoms with Crippen LogP contribution < -0.4 is 11.1 Å². The topological polar surface area (TPSA) is 92.4 Å². The second-order valence-electron chi connectivity index (χ2n) is 3.92. The third-order valence-corrected chi connectivity index (χ3v) is 3.15. The summed E-state index contributed by atoms with van der Waals surface area (Å²) in [6, 6.07) is 4.26. The summed E-state index contributed by atoms with van der Waals surface area (Å²) in [7, 11) is 0. The number of hydrogen-bond acceptors (Lipinski definition) is 3. The number of nitrogens with one attached hydrogen (secondary N) is 1. The Morgan fingerprint density at radius 1 is 1.50 bits per heavy atom. The number of carbonyl (C=O) groups excluding carboxylic acids is 1. The lowest BCUT2D eigenvalue weighted by Gasteiger charge is -2.11. The largest absolute Gasteiger partial charge is 0.478 e. The fraction of sp³-hybridized carbons (Fsp3) is 0.333. The average Bonchev–Trinajstić information content (AvgIpc) is 2.31. The van der Waals surface area contributed by atoms with E-state index in [1.807, 2.05) is 6.92 Å². The van der Waals surface area contributed by atoms with Crippen LogP contribution in [0.25, 0.3) is 0 Å². The number of amides is 1. The first-order chi connectivity index (χ1) is 8.43. The first kappa shape index (κ1) is 14.7. The Labute approximate surface area is 113 Å². The molecule has 0 saturated heterocycles. The van der Waals surface area contributed by atoms with Crippen molar-refractivity contribution in [1.29, 1.82) is 0 Å². The zero-order chi connectivity index (χ0) is 13.7. The van der Waals surface area contributed by atoms with Crippen LogP contribution in [0.15, 0.2) is 22.7 Å². The molecule has 18 heavy (non-hydrogen) atoms. The molecular weight excluding hydrogens is 300 g/mol. The van der Waals surface area contributed by atoms with E-state index < -0.39 is 5.97 Å². The van der Waals surface area contributed by atoms with E-state index in [9.17, 15) is 9.59 Å². The second kappa shape index (κ2) is 6.51. The molecule has 0 saturated carbocycles. The molecule has 1 aromatic carbocycles. The van der Waals surface area contributed by atoms with E-state index in [0.29, 0.717) is 16.6 Å². The van der Waals surface area contributed by atoms with Crippen molar-refractivity contribution in [2.24, 2.45) is 5.73 Å². The standard InChI is InChI=1S/C12H15BrN2O3/c1-2-8(14)6-11(16)15-10-5-7(12(17)18)3-4-9(10)13/h3-5,8H,2,6,14H2,1H3,(H,15,16)(H,17,18). The van der Waals surface area contributed by atoms with Gasteiger partial charge in [-0.3, -0.25) is 4.79 Å². The van der Waals surface area contributed by atoms with Crippen LogP contribution in [0, 0.1) is 0 Å². The Bertz CT molecular complexity index is 463. The summed E-state index contributed by atoms with van der Waals surface area (Å²) in [5.74, 6) is -1.27. The fourth-order valence-corrected chi connectivity index (χ4v) is 1.68. The molecule has 0 spiro atoms. The van der Waals surface area contributed by atoms with Gasteiger partial charge in [-0.2, -0.15) is 0 Å². The molecular formula is C12H15BrN2O3. The summed E-state index contributed by atoms with van der Waals surface area (Å²) >= 11 is 3.25. The molecule has 0 fully saturated rings. The van der Waals surface area contributed by atoms with Gasteiger partial charge in [-0.05, 0) is 40.5 Å². The van der Waals surface area contributed by atoms with Gasteiger partial charge in [-0.1, -0.05) is 6.92 Å². The molecule has 0 aromatic heterocycles. The van der Waals surface area contributed by atoms with Crippen molar-refractivity contribution in [2.75, 3.05) is 5.32 Å². The quantitative estimate of drug-likeness (QED) is 0.777. The monoisotopic (exact) mass is 314 g/mol. The Morgan fingerprint density at radius 3 is 2.72 bits per heavy atom. The van der Waals surface area contributed by atoms with Crippen molar-refractivity contribution >= 4 is 33.5 Å². The van der Waals surface area contributed by atoms with Crippen molar-refractivity contribution in [1.82, 2.24) is 0 Å². The van der Waals surface area contributed by atoms with Crippen LogP contribution in [-0.2, 0) is 4.79 Å². The first-order valence-electron chi connectivity index (χ1n) is 5.52. The molecule has 1 aromatic rings. The second-order valence-corrected chi connectivity index (χ2v) is 4.77. The third kappa shape index (κ3) is 4.12. The molecule has 0 heterocycles. The van der Waals surface area contributed by atoms with Gasteiger partial charge in [0.05, 0.1) is 11.3 Å². The minimum Gasteiger partial charge on any atom is -0.478 e. The third-order valence-electron chi connectivity index (χ3n) is 2.46. The van der Waals surface area contributed by atoms with Crippen LogP contribution in [0.1, 0.15) is 30.1 Å². The van der Waals surface area contributed by atoms with Gasteiger partial charge in [0.15, 0.2) is 0 Å². The van der Waals surface area contributed by atoms with Crippen LogP contribution in [0.4, 0.5) is 5.69 Å². The summed E-state index contributed by atoms with van der Waals surface area (Å²) in [5.41, 5.74) is 6.23.